The highest BCUT2D eigenvalue weighted by Gasteiger charge is 2.23. The Morgan fingerprint density at radius 2 is 1.82 bits per heavy atom. The molecule has 10 heteroatoms. The number of fused-ring (bicyclic) bond motifs is 1. The smallest absolute Gasteiger partial charge is 0.325 e. The van der Waals surface area contributed by atoms with E-state index in [4.69, 9.17) is 21.7 Å². The number of rotatable bonds is 4. The summed E-state index contributed by atoms with van der Waals surface area (Å²) in [5, 5.41) is 0. The van der Waals surface area contributed by atoms with Gasteiger partial charge in [0.15, 0.2) is 15.9 Å². The van der Waals surface area contributed by atoms with Crippen LogP contribution in [0.1, 0.15) is 34.7 Å². The molecule has 9 nitrogen and oxygen atoms in total. The summed E-state index contributed by atoms with van der Waals surface area (Å²) in [4.78, 5) is 44.0. The summed E-state index contributed by atoms with van der Waals surface area (Å²) < 4.78 is 13.4. The van der Waals surface area contributed by atoms with Crippen molar-refractivity contribution in [1.82, 2.24) is 19.1 Å². The number of aromatic amines is 2. The molecule has 174 valence electrons. The zero-order valence-corrected chi connectivity index (χ0v) is 19.2. The van der Waals surface area contributed by atoms with Crippen molar-refractivity contribution in [3.05, 3.63) is 85.3 Å². The van der Waals surface area contributed by atoms with Gasteiger partial charge in [0.2, 0.25) is 0 Å². The second kappa shape index (κ2) is 8.88. The summed E-state index contributed by atoms with van der Waals surface area (Å²) >= 11 is 5.68. The lowest BCUT2D eigenvalue weighted by Gasteiger charge is -2.24. The molecule has 5 rings (SSSR count). The van der Waals surface area contributed by atoms with Crippen LogP contribution in [0, 0.1) is 4.77 Å². The number of benzene rings is 2. The predicted octanol–water partition coefficient (Wildman–Crippen LogP) is 3.13. The van der Waals surface area contributed by atoms with E-state index in [0.29, 0.717) is 30.2 Å². The van der Waals surface area contributed by atoms with Gasteiger partial charge in [-0.1, -0.05) is 24.3 Å². The maximum atomic E-state index is 13.3. The Hall–Kier alpha value is -3.76. The molecule has 1 aliphatic heterocycles. The van der Waals surface area contributed by atoms with Gasteiger partial charge in [0, 0.05) is 18.8 Å². The number of methoxy groups -OCH3 is 1. The average Bonchev–Trinajstić information content (AvgIpc) is 3.26. The Labute approximate surface area is 198 Å². The minimum absolute atomic E-state index is 0.0543. The third-order valence-corrected chi connectivity index (χ3v) is 6.46. The predicted molar refractivity (Wildman–Crippen MR) is 129 cm³/mol. The number of H-pyrrole nitrogens is 2. The molecular formula is C24H22N4O5S. The minimum Gasteiger partial charge on any atom is -0.495 e. The van der Waals surface area contributed by atoms with Crippen LogP contribution in [0.15, 0.2) is 58.1 Å². The number of aromatic nitrogens is 4. The molecule has 1 aliphatic rings. The van der Waals surface area contributed by atoms with Crippen LogP contribution in [-0.4, -0.2) is 45.3 Å². The lowest BCUT2D eigenvalue weighted by atomic mass is 9.91. The summed E-state index contributed by atoms with van der Waals surface area (Å²) in [5.41, 5.74) is 0.691. The summed E-state index contributed by atoms with van der Waals surface area (Å²) in [7, 11) is 1.53. The van der Waals surface area contributed by atoms with E-state index in [2.05, 4.69) is 9.97 Å². The van der Waals surface area contributed by atoms with Crippen molar-refractivity contribution in [3.63, 3.8) is 0 Å². The molecule has 2 N–H and O–H groups in total. The van der Waals surface area contributed by atoms with E-state index >= 15 is 0 Å². The molecule has 1 saturated heterocycles. The first kappa shape index (κ1) is 22.1. The van der Waals surface area contributed by atoms with Crippen molar-refractivity contribution in [1.29, 1.82) is 0 Å². The van der Waals surface area contributed by atoms with E-state index in [1.54, 1.807) is 30.3 Å². The van der Waals surface area contributed by atoms with Gasteiger partial charge in [-0.15, -0.1) is 0 Å². The zero-order chi connectivity index (χ0) is 23.8. The minimum atomic E-state index is -0.706. The largest absolute Gasteiger partial charge is 0.495 e. The number of ether oxygens (including phenoxy) is 2. The fourth-order valence-corrected chi connectivity index (χ4v) is 4.73. The quantitative estimate of drug-likeness (QED) is 0.436. The lowest BCUT2D eigenvalue weighted by molar-refractivity contribution is 0.0853. The molecular weight excluding hydrogens is 456 g/mol. The van der Waals surface area contributed by atoms with Crippen LogP contribution in [0.5, 0.6) is 5.75 Å². The van der Waals surface area contributed by atoms with Crippen molar-refractivity contribution in [2.45, 2.75) is 18.8 Å². The first-order valence-electron chi connectivity index (χ1n) is 10.9. The number of nitrogens with zero attached hydrogens (tertiary/aromatic N) is 2. The second-order valence-corrected chi connectivity index (χ2v) is 8.42. The van der Waals surface area contributed by atoms with Crippen LogP contribution < -0.4 is 16.0 Å². The van der Waals surface area contributed by atoms with E-state index in [1.165, 1.54) is 11.7 Å². The van der Waals surface area contributed by atoms with Gasteiger partial charge in [-0.05, 0) is 60.8 Å². The monoisotopic (exact) mass is 478 g/mol. The van der Waals surface area contributed by atoms with E-state index < -0.39 is 17.2 Å². The third kappa shape index (κ3) is 3.70. The number of hydrogen-bond donors (Lipinski definition) is 2. The molecule has 4 aromatic rings. The fraction of sp³-hybridized carbons (Fsp3) is 0.250. The summed E-state index contributed by atoms with van der Waals surface area (Å²) in [6, 6.07) is 14.1. The highest BCUT2D eigenvalue weighted by molar-refractivity contribution is 7.71. The SMILES string of the molecule is COc1ccc(C2CCOCC2)cc1-n1c(=S)n(C(=O)c2ccccc2)c(=O)c2[nH]c(=O)[nH]c21. The topological polar surface area (TPSA) is 111 Å². The van der Waals surface area contributed by atoms with Gasteiger partial charge in [-0.25, -0.2) is 9.36 Å². The van der Waals surface area contributed by atoms with Gasteiger partial charge < -0.3 is 9.47 Å². The molecule has 0 saturated carbocycles. The first-order valence-corrected chi connectivity index (χ1v) is 11.3. The third-order valence-electron chi connectivity index (χ3n) is 6.09. The van der Waals surface area contributed by atoms with Crippen LogP contribution in [0.2, 0.25) is 0 Å². The van der Waals surface area contributed by atoms with Crippen molar-refractivity contribution in [3.8, 4) is 11.4 Å². The Morgan fingerprint density at radius 1 is 1.09 bits per heavy atom. The second-order valence-electron chi connectivity index (χ2n) is 8.05. The van der Waals surface area contributed by atoms with E-state index in [0.717, 1.165) is 23.0 Å². The number of imidazole rings is 1. The van der Waals surface area contributed by atoms with Crippen LogP contribution in [0.25, 0.3) is 16.9 Å². The van der Waals surface area contributed by atoms with Gasteiger partial charge in [0.05, 0.1) is 12.8 Å². The first-order chi connectivity index (χ1) is 16.5. The van der Waals surface area contributed by atoms with Crippen molar-refractivity contribution in [2.75, 3.05) is 20.3 Å². The van der Waals surface area contributed by atoms with Crippen LogP contribution in [-0.2, 0) is 4.74 Å². The Morgan fingerprint density at radius 3 is 2.53 bits per heavy atom. The van der Waals surface area contributed by atoms with Crippen LogP contribution >= 0.6 is 12.2 Å². The van der Waals surface area contributed by atoms with E-state index in [1.807, 2.05) is 18.2 Å². The molecule has 1 fully saturated rings. The van der Waals surface area contributed by atoms with Gasteiger partial charge in [-0.3, -0.25) is 24.1 Å². The molecule has 34 heavy (non-hydrogen) atoms. The molecule has 0 aliphatic carbocycles. The normalized spacial score (nSPS) is 14.4. The Bertz CT molecular complexity index is 1560. The summed E-state index contributed by atoms with van der Waals surface area (Å²) in [5.74, 6) is 0.172. The molecule has 3 heterocycles. The Kier molecular flexibility index (Phi) is 5.76. The molecule has 0 unspecified atom stereocenters. The van der Waals surface area contributed by atoms with Gasteiger partial charge in [-0.2, -0.15) is 0 Å². The lowest BCUT2D eigenvalue weighted by Crippen LogP contribution is -2.31. The van der Waals surface area contributed by atoms with E-state index in [-0.39, 0.29) is 21.9 Å². The number of hydrogen-bond acceptors (Lipinski definition) is 6. The Balaban J connectivity index is 1.81. The number of nitrogens with one attached hydrogen (secondary N) is 2. The highest BCUT2D eigenvalue weighted by Crippen LogP contribution is 2.33. The standard InChI is InChI=1S/C24H22N4O5S/c1-32-18-8-7-16(14-9-11-33-12-10-14)13-17(18)27-20-19(25-23(31)26-20)22(30)28(24(27)34)21(29)15-5-3-2-4-6-15/h2-8,13-14H,9-12H2,1H3,(H2,25,26,31). The number of carbonyl (C=O) groups excluding carboxylic acids is 1. The average molecular weight is 479 g/mol. The van der Waals surface area contributed by atoms with Gasteiger partial charge >= 0.3 is 5.69 Å². The maximum absolute atomic E-state index is 13.3. The summed E-state index contributed by atoms with van der Waals surface area (Å²) in [6.45, 7) is 1.36. The molecule has 0 amide bonds. The van der Waals surface area contributed by atoms with E-state index in [9.17, 15) is 14.4 Å². The van der Waals surface area contributed by atoms with Crippen LogP contribution in [0.4, 0.5) is 0 Å². The number of carbonyl (C=O) groups is 1. The molecule has 2 aromatic heterocycles. The summed E-state index contributed by atoms with van der Waals surface area (Å²) in [6.07, 6.45) is 1.75. The zero-order valence-electron chi connectivity index (χ0n) is 18.4. The van der Waals surface area contributed by atoms with Crippen LogP contribution in [0.3, 0.4) is 0 Å². The molecule has 0 radical (unpaired) electrons. The van der Waals surface area contributed by atoms with Crippen molar-refractivity contribution < 1.29 is 14.3 Å². The fourth-order valence-electron chi connectivity index (χ4n) is 4.37. The molecule has 0 bridgehead atoms. The van der Waals surface area contributed by atoms with Crippen molar-refractivity contribution >= 4 is 29.3 Å². The van der Waals surface area contributed by atoms with Gasteiger partial charge in [0.25, 0.3) is 11.5 Å². The highest BCUT2D eigenvalue weighted by atomic mass is 32.1. The van der Waals surface area contributed by atoms with Gasteiger partial charge in [0.1, 0.15) is 5.75 Å². The molecule has 0 atom stereocenters. The van der Waals surface area contributed by atoms with Crippen molar-refractivity contribution in [2.24, 2.45) is 0 Å². The maximum Gasteiger partial charge on any atom is 0.325 e. The molecule has 0 spiro atoms. The molecule has 2 aromatic carbocycles.